The minimum atomic E-state index is -0.331. The molecular weight excluding hydrogens is 252 g/mol. The molecule has 4 nitrogen and oxygen atoms in total. The third kappa shape index (κ3) is 2.64. The smallest absolute Gasteiger partial charge is 0.330 e. The monoisotopic (exact) mass is 270 g/mol. The van der Waals surface area contributed by atoms with Crippen molar-refractivity contribution < 1.29 is 9.53 Å². The minimum Gasteiger partial charge on any atom is -0.464 e. The van der Waals surface area contributed by atoms with E-state index in [-0.39, 0.29) is 17.4 Å². The molecule has 0 saturated carbocycles. The molecule has 0 radical (unpaired) electrons. The average Bonchev–Trinajstić information content (AvgIpc) is 2.26. The molecule has 2 rings (SSSR count). The number of nitrogens with one attached hydrogen (secondary N) is 2. The molecule has 1 aliphatic carbocycles. The summed E-state index contributed by atoms with van der Waals surface area (Å²) in [5, 5.41) is 7.18. The van der Waals surface area contributed by atoms with E-state index in [1.807, 2.05) is 13.0 Å². The highest BCUT2D eigenvalue weighted by molar-refractivity contribution is 6.32. The Labute approximate surface area is 112 Å². The van der Waals surface area contributed by atoms with E-state index >= 15 is 0 Å². The lowest BCUT2D eigenvalue weighted by Crippen LogP contribution is -2.51. The number of rotatable bonds is 2. The van der Waals surface area contributed by atoms with Gasteiger partial charge in [0.1, 0.15) is 6.04 Å². The van der Waals surface area contributed by atoms with Gasteiger partial charge in [-0.05, 0) is 18.8 Å². The molecule has 1 aliphatic heterocycles. The number of carbonyl (C=O) groups excluding carboxylic acids is 1. The van der Waals surface area contributed by atoms with E-state index in [9.17, 15) is 4.79 Å². The van der Waals surface area contributed by atoms with E-state index in [4.69, 9.17) is 16.3 Å². The van der Waals surface area contributed by atoms with Crippen LogP contribution in [-0.4, -0.2) is 25.2 Å². The van der Waals surface area contributed by atoms with Gasteiger partial charge in [-0.15, -0.1) is 0 Å². The maximum Gasteiger partial charge on any atom is 0.330 e. The molecule has 0 spiro atoms. The zero-order valence-corrected chi connectivity index (χ0v) is 11.7. The lowest BCUT2D eigenvalue weighted by Gasteiger charge is -2.36. The van der Waals surface area contributed by atoms with Crippen molar-refractivity contribution in [3.63, 3.8) is 0 Å². The Morgan fingerprint density at radius 2 is 2.33 bits per heavy atom. The highest BCUT2D eigenvalue weighted by atomic mass is 35.5. The summed E-state index contributed by atoms with van der Waals surface area (Å²) in [6.45, 7) is 6.95. The van der Waals surface area contributed by atoms with Crippen LogP contribution in [0.2, 0.25) is 0 Å². The first-order valence-corrected chi connectivity index (χ1v) is 6.59. The molecule has 1 heterocycles. The first-order valence-electron chi connectivity index (χ1n) is 6.22. The highest BCUT2D eigenvalue weighted by Gasteiger charge is 2.33. The van der Waals surface area contributed by atoms with Gasteiger partial charge in [-0.25, -0.2) is 4.79 Å². The van der Waals surface area contributed by atoms with Crippen LogP contribution < -0.4 is 10.6 Å². The van der Waals surface area contributed by atoms with Crippen LogP contribution in [0.3, 0.4) is 0 Å². The van der Waals surface area contributed by atoms with Gasteiger partial charge in [0.15, 0.2) is 0 Å². The first kappa shape index (κ1) is 13.3. The summed E-state index contributed by atoms with van der Waals surface area (Å²) in [5.74, 6) is -0.222. The Bertz CT molecular complexity index is 427. The lowest BCUT2D eigenvalue weighted by molar-refractivity contribution is -0.145. The summed E-state index contributed by atoms with van der Waals surface area (Å²) in [4.78, 5) is 11.7. The molecule has 0 aromatic carbocycles. The Hall–Kier alpha value is -1.16. The second kappa shape index (κ2) is 4.84. The third-order valence-corrected chi connectivity index (χ3v) is 3.39. The predicted octanol–water partition coefficient (Wildman–Crippen LogP) is 1.88. The molecule has 0 aromatic rings. The van der Waals surface area contributed by atoms with E-state index in [1.54, 1.807) is 0 Å². The van der Waals surface area contributed by atoms with Gasteiger partial charge in [0.2, 0.25) is 0 Å². The number of carbonyl (C=O) groups is 1. The molecular formula is C13H19ClN2O2. The maximum atomic E-state index is 11.7. The number of allylic oxidation sites excluding steroid dienone is 3. The number of hydrogen-bond donors (Lipinski definition) is 2. The second-order valence-corrected chi connectivity index (χ2v) is 5.75. The Morgan fingerprint density at radius 3 is 3.00 bits per heavy atom. The highest BCUT2D eigenvalue weighted by Crippen LogP contribution is 2.37. The zero-order chi connectivity index (χ0) is 13.3. The largest absolute Gasteiger partial charge is 0.464 e. The summed E-state index contributed by atoms with van der Waals surface area (Å²) in [5.41, 5.74) is 1.91. The molecule has 0 aromatic heterocycles. The fourth-order valence-corrected chi connectivity index (χ4v) is 2.80. The fourth-order valence-electron chi connectivity index (χ4n) is 2.32. The first-order chi connectivity index (χ1) is 8.43. The molecule has 5 heteroatoms. The molecule has 0 fully saturated rings. The molecule has 100 valence electrons. The van der Waals surface area contributed by atoms with Crippen LogP contribution in [0.15, 0.2) is 22.5 Å². The van der Waals surface area contributed by atoms with E-state index in [1.165, 1.54) is 0 Å². The Kier molecular flexibility index (Phi) is 3.57. The molecule has 2 N–H and O–H groups in total. The fraction of sp³-hybridized carbons (Fsp3) is 0.615. The maximum absolute atomic E-state index is 11.7. The topological polar surface area (TPSA) is 50.4 Å². The molecule has 2 aliphatic rings. The van der Waals surface area contributed by atoms with Crippen LogP contribution in [0.1, 0.15) is 27.2 Å². The summed E-state index contributed by atoms with van der Waals surface area (Å²) >= 11 is 6.25. The van der Waals surface area contributed by atoms with E-state index in [0.29, 0.717) is 13.2 Å². The van der Waals surface area contributed by atoms with Gasteiger partial charge in [-0.2, -0.15) is 0 Å². The van der Waals surface area contributed by atoms with Crippen molar-refractivity contribution in [1.29, 1.82) is 0 Å². The van der Waals surface area contributed by atoms with Crippen molar-refractivity contribution >= 4 is 17.6 Å². The normalized spacial score (nSPS) is 25.6. The van der Waals surface area contributed by atoms with E-state index < -0.39 is 0 Å². The van der Waals surface area contributed by atoms with Crippen LogP contribution in [0.4, 0.5) is 0 Å². The molecule has 1 atom stereocenters. The van der Waals surface area contributed by atoms with Crippen molar-refractivity contribution in [3.05, 3.63) is 22.5 Å². The van der Waals surface area contributed by atoms with Gasteiger partial charge in [-0.1, -0.05) is 31.5 Å². The summed E-state index contributed by atoms with van der Waals surface area (Å²) in [6.07, 6.45) is 2.88. The van der Waals surface area contributed by atoms with E-state index in [2.05, 4.69) is 24.5 Å². The van der Waals surface area contributed by atoms with Gasteiger partial charge >= 0.3 is 5.97 Å². The van der Waals surface area contributed by atoms with Crippen molar-refractivity contribution in [1.82, 2.24) is 10.6 Å². The van der Waals surface area contributed by atoms with Crippen molar-refractivity contribution in [2.45, 2.75) is 33.2 Å². The molecule has 0 bridgehead atoms. The molecule has 18 heavy (non-hydrogen) atoms. The third-order valence-electron chi connectivity index (χ3n) is 3.09. The Balaban J connectivity index is 2.15. The quantitative estimate of drug-likeness (QED) is 0.753. The molecule has 1 unspecified atom stereocenters. The zero-order valence-electron chi connectivity index (χ0n) is 11.0. The SMILES string of the molecule is CCOC(=O)C1CNC2=C(CC(C)(C)C=C2Cl)N1. The minimum absolute atomic E-state index is 0.00114. The molecule has 0 amide bonds. The van der Waals surface area contributed by atoms with Crippen molar-refractivity contribution in [2.24, 2.45) is 5.41 Å². The average molecular weight is 271 g/mol. The van der Waals surface area contributed by atoms with Crippen LogP contribution in [0.25, 0.3) is 0 Å². The Morgan fingerprint density at radius 1 is 1.61 bits per heavy atom. The van der Waals surface area contributed by atoms with Crippen molar-refractivity contribution in [3.8, 4) is 0 Å². The van der Waals surface area contributed by atoms with Gasteiger partial charge in [0.05, 0.1) is 17.3 Å². The van der Waals surface area contributed by atoms with Crippen molar-refractivity contribution in [2.75, 3.05) is 13.2 Å². The summed E-state index contributed by atoms with van der Waals surface area (Å²) < 4.78 is 5.03. The van der Waals surface area contributed by atoms with Crippen LogP contribution in [0.5, 0.6) is 0 Å². The van der Waals surface area contributed by atoms with Gasteiger partial charge < -0.3 is 15.4 Å². The summed E-state index contributed by atoms with van der Waals surface area (Å²) in [6, 6.07) is -0.331. The number of hydrogen-bond acceptors (Lipinski definition) is 4. The van der Waals surface area contributed by atoms with Crippen LogP contribution in [0, 0.1) is 5.41 Å². The van der Waals surface area contributed by atoms with E-state index in [0.717, 1.165) is 22.8 Å². The van der Waals surface area contributed by atoms with Crippen LogP contribution >= 0.6 is 11.6 Å². The van der Waals surface area contributed by atoms with Gasteiger partial charge in [0, 0.05) is 12.2 Å². The number of ether oxygens (including phenoxy) is 1. The lowest BCUT2D eigenvalue weighted by atomic mass is 9.82. The van der Waals surface area contributed by atoms with Gasteiger partial charge in [-0.3, -0.25) is 0 Å². The molecule has 0 saturated heterocycles. The standard InChI is InChI=1S/C13H19ClN2O2/c1-4-18-12(17)10-7-15-11-8(14)5-13(2,3)6-9(11)16-10/h5,10,15-16H,4,6-7H2,1-3H3. The predicted molar refractivity (Wildman–Crippen MR) is 70.9 cm³/mol. The summed E-state index contributed by atoms with van der Waals surface area (Å²) in [7, 11) is 0. The number of esters is 1. The van der Waals surface area contributed by atoms with Crippen LogP contribution in [-0.2, 0) is 9.53 Å². The number of halogens is 1. The second-order valence-electron chi connectivity index (χ2n) is 5.34. The van der Waals surface area contributed by atoms with Gasteiger partial charge in [0.25, 0.3) is 0 Å².